The second-order valence-electron chi connectivity index (χ2n) is 5.33. The number of hydrogen-bond acceptors (Lipinski definition) is 2. The molecular weight excluding hydrogens is 232 g/mol. The van der Waals surface area contributed by atoms with Gasteiger partial charge in [0.25, 0.3) is 0 Å². The van der Waals surface area contributed by atoms with Crippen molar-refractivity contribution in [2.24, 2.45) is 0 Å². The molecule has 2 heteroatoms. The zero-order valence-electron chi connectivity index (χ0n) is 11.4. The molecule has 2 N–H and O–H groups in total. The Hall–Kier alpha value is -2.09. The van der Waals surface area contributed by atoms with Crippen molar-refractivity contribution in [3.63, 3.8) is 0 Å². The molecule has 0 fully saturated rings. The van der Waals surface area contributed by atoms with Crippen LogP contribution in [0.4, 0.5) is 5.69 Å². The van der Waals surface area contributed by atoms with Gasteiger partial charge in [-0.25, -0.2) is 0 Å². The molecule has 1 unspecified atom stereocenters. The second kappa shape index (κ2) is 4.54. The fourth-order valence-electron chi connectivity index (χ4n) is 2.82. The maximum atomic E-state index is 5.93. The molecule has 96 valence electrons. The molecule has 0 saturated carbocycles. The third-order valence-electron chi connectivity index (χ3n) is 3.69. The molecule has 0 bridgehead atoms. The number of allylic oxidation sites excluding steroid dienone is 1. The van der Waals surface area contributed by atoms with Crippen molar-refractivity contribution in [2.45, 2.75) is 26.2 Å². The minimum absolute atomic E-state index is 0.528. The van der Waals surface area contributed by atoms with Gasteiger partial charge >= 0.3 is 0 Å². The fourth-order valence-corrected chi connectivity index (χ4v) is 2.82. The van der Waals surface area contributed by atoms with E-state index in [0.717, 1.165) is 23.5 Å². The zero-order valence-corrected chi connectivity index (χ0v) is 11.4. The van der Waals surface area contributed by atoms with Crippen molar-refractivity contribution in [3.8, 4) is 0 Å². The lowest BCUT2D eigenvalue weighted by molar-refractivity contribution is 0.780. The summed E-state index contributed by atoms with van der Waals surface area (Å²) in [7, 11) is 0. The highest BCUT2D eigenvalue weighted by atomic mass is 14.7. The number of benzene rings is 1. The van der Waals surface area contributed by atoms with E-state index in [4.69, 9.17) is 5.73 Å². The van der Waals surface area contributed by atoms with Crippen molar-refractivity contribution in [2.75, 3.05) is 5.73 Å². The van der Waals surface area contributed by atoms with E-state index in [1.54, 1.807) is 0 Å². The normalized spacial score (nSPS) is 17.8. The first-order valence-electron chi connectivity index (χ1n) is 6.67. The molecular formula is C17H18N2. The third-order valence-corrected chi connectivity index (χ3v) is 3.69. The van der Waals surface area contributed by atoms with Crippen LogP contribution in [0.1, 0.15) is 41.8 Å². The molecule has 0 aliphatic heterocycles. The molecule has 1 aromatic heterocycles. The standard InChI is InChI=1S/C17H18N2/c1-11-7-14(9-13-5-3-4-6-16(11)13)17-10-15(18)8-12(2)19-17/h3-6,8-11H,7H2,1-2H3,(H2,18,19). The summed E-state index contributed by atoms with van der Waals surface area (Å²) in [6.07, 6.45) is 3.27. The van der Waals surface area contributed by atoms with Crippen LogP contribution in [0.3, 0.4) is 0 Å². The van der Waals surface area contributed by atoms with Gasteiger partial charge in [-0.05, 0) is 54.2 Å². The number of fused-ring (bicyclic) bond motifs is 1. The summed E-state index contributed by atoms with van der Waals surface area (Å²) < 4.78 is 0. The van der Waals surface area contributed by atoms with Gasteiger partial charge in [0.1, 0.15) is 0 Å². The smallest absolute Gasteiger partial charge is 0.0685 e. The predicted octanol–water partition coefficient (Wildman–Crippen LogP) is 4.02. The van der Waals surface area contributed by atoms with E-state index in [1.165, 1.54) is 16.7 Å². The Balaban J connectivity index is 2.10. The van der Waals surface area contributed by atoms with Crippen molar-refractivity contribution in [1.82, 2.24) is 4.98 Å². The van der Waals surface area contributed by atoms with E-state index in [-0.39, 0.29) is 0 Å². The minimum atomic E-state index is 0.528. The lowest BCUT2D eigenvalue weighted by Crippen LogP contribution is -2.05. The van der Waals surface area contributed by atoms with Gasteiger partial charge in [-0.3, -0.25) is 4.98 Å². The number of nitrogen functional groups attached to an aromatic ring is 1. The van der Waals surface area contributed by atoms with E-state index in [1.807, 2.05) is 19.1 Å². The van der Waals surface area contributed by atoms with Crippen LogP contribution in [0.25, 0.3) is 11.6 Å². The SMILES string of the molecule is Cc1cc(N)cc(C2=Cc3ccccc3C(C)C2)n1. The number of rotatable bonds is 1. The average Bonchev–Trinajstić information content (AvgIpc) is 2.37. The topological polar surface area (TPSA) is 38.9 Å². The van der Waals surface area contributed by atoms with Crippen LogP contribution in [-0.2, 0) is 0 Å². The van der Waals surface area contributed by atoms with Gasteiger partial charge in [-0.2, -0.15) is 0 Å². The Kier molecular flexibility index (Phi) is 2.86. The van der Waals surface area contributed by atoms with E-state index in [9.17, 15) is 0 Å². The summed E-state index contributed by atoms with van der Waals surface area (Å²) >= 11 is 0. The predicted molar refractivity (Wildman–Crippen MR) is 80.7 cm³/mol. The molecule has 1 heterocycles. The molecule has 0 radical (unpaired) electrons. The van der Waals surface area contributed by atoms with Gasteiger partial charge in [0.05, 0.1) is 5.69 Å². The molecule has 1 aliphatic rings. The first kappa shape index (κ1) is 12.0. The lowest BCUT2D eigenvalue weighted by Gasteiger charge is -2.22. The molecule has 1 aromatic carbocycles. The molecule has 19 heavy (non-hydrogen) atoms. The highest BCUT2D eigenvalue weighted by molar-refractivity contribution is 5.84. The van der Waals surface area contributed by atoms with E-state index < -0.39 is 0 Å². The summed E-state index contributed by atoms with van der Waals surface area (Å²) in [5.41, 5.74) is 12.7. The largest absolute Gasteiger partial charge is 0.399 e. The second-order valence-corrected chi connectivity index (χ2v) is 5.33. The first-order valence-corrected chi connectivity index (χ1v) is 6.67. The van der Waals surface area contributed by atoms with E-state index in [0.29, 0.717) is 5.92 Å². The molecule has 0 amide bonds. The van der Waals surface area contributed by atoms with Crippen molar-refractivity contribution < 1.29 is 0 Å². The van der Waals surface area contributed by atoms with Crippen LogP contribution in [0.15, 0.2) is 36.4 Å². The highest BCUT2D eigenvalue weighted by Crippen LogP contribution is 2.37. The van der Waals surface area contributed by atoms with Gasteiger partial charge in [0.2, 0.25) is 0 Å². The zero-order chi connectivity index (χ0) is 13.4. The molecule has 3 rings (SSSR count). The summed E-state index contributed by atoms with van der Waals surface area (Å²) in [6, 6.07) is 12.5. The Morgan fingerprint density at radius 1 is 1.21 bits per heavy atom. The third kappa shape index (κ3) is 2.26. The Morgan fingerprint density at radius 3 is 2.79 bits per heavy atom. The molecule has 1 aliphatic carbocycles. The Bertz CT molecular complexity index is 636. The van der Waals surface area contributed by atoms with Crippen LogP contribution < -0.4 is 5.73 Å². The number of aryl methyl sites for hydroxylation is 1. The molecule has 2 aromatic rings. The maximum absolute atomic E-state index is 5.93. The number of hydrogen-bond donors (Lipinski definition) is 1. The quantitative estimate of drug-likeness (QED) is 0.830. The van der Waals surface area contributed by atoms with E-state index >= 15 is 0 Å². The van der Waals surface area contributed by atoms with Gasteiger partial charge in [0.15, 0.2) is 0 Å². The van der Waals surface area contributed by atoms with Gasteiger partial charge < -0.3 is 5.73 Å². The summed E-state index contributed by atoms with van der Waals surface area (Å²) in [5, 5.41) is 0. The number of aromatic nitrogens is 1. The summed E-state index contributed by atoms with van der Waals surface area (Å²) in [6.45, 7) is 4.26. The van der Waals surface area contributed by atoms with E-state index in [2.05, 4.69) is 42.2 Å². The van der Waals surface area contributed by atoms with Gasteiger partial charge in [0, 0.05) is 11.4 Å². The first-order chi connectivity index (χ1) is 9.13. The number of pyridine rings is 1. The molecule has 1 atom stereocenters. The highest BCUT2D eigenvalue weighted by Gasteiger charge is 2.18. The lowest BCUT2D eigenvalue weighted by atomic mass is 9.83. The van der Waals surface area contributed by atoms with Crippen LogP contribution in [0, 0.1) is 6.92 Å². The number of anilines is 1. The fraction of sp³-hybridized carbons (Fsp3) is 0.235. The molecule has 0 spiro atoms. The number of nitrogens with zero attached hydrogens (tertiary/aromatic N) is 1. The minimum Gasteiger partial charge on any atom is -0.399 e. The van der Waals surface area contributed by atoms with Crippen molar-refractivity contribution in [1.29, 1.82) is 0 Å². The summed E-state index contributed by atoms with van der Waals surface area (Å²) in [4.78, 5) is 4.62. The Labute approximate surface area is 114 Å². The average molecular weight is 250 g/mol. The van der Waals surface area contributed by atoms with Crippen LogP contribution in [-0.4, -0.2) is 4.98 Å². The van der Waals surface area contributed by atoms with Gasteiger partial charge in [-0.15, -0.1) is 0 Å². The van der Waals surface area contributed by atoms with Crippen LogP contribution in [0.2, 0.25) is 0 Å². The van der Waals surface area contributed by atoms with Crippen molar-refractivity contribution >= 4 is 17.3 Å². The maximum Gasteiger partial charge on any atom is 0.0685 e. The molecule has 2 nitrogen and oxygen atoms in total. The number of nitrogens with two attached hydrogens (primary N) is 1. The Morgan fingerprint density at radius 2 is 2.00 bits per heavy atom. The monoisotopic (exact) mass is 250 g/mol. The van der Waals surface area contributed by atoms with Crippen molar-refractivity contribution in [3.05, 3.63) is 58.9 Å². The van der Waals surface area contributed by atoms with Crippen LogP contribution >= 0.6 is 0 Å². The van der Waals surface area contributed by atoms with Crippen LogP contribution in [0.5, 0.6) is 0 Å². The molecule has 0 saturated heterocycles. The van der Waals surface area contributed by atoms with Gasteiger partial charge in [-0.1, -0.05) is 31.2 Å². The summed E-state index contributed by atoms with van der Waals surface area (Å²) in [5.74, 6) is 0.528.